The molecule has 3 aliphatic carbocycles. The fourth-order valence-corrected chi connectivity index (χ4v) is 12.4. The van der Waals surface area contributed by atoms with E-state index >= 15 is 0 Å². The van der Waals surface area contributed by atoms with Gasteiger partial charge in [-0.05, 0) is 89.1 Å². The van der Waals surface area contributed by atoms with Crippen molar-refractivity contribution in [1.29, 1.82) is 0 Å². The van der Waals surface area contributed by atoms with Gasteiger partial charge in [-0.1, -0.05) is 153 Å². The molecule has 4 aromatic rings. The molecule has 0 heterocycles. The van der Waals surface area contributed by atoms with Crippen molar-refractivity contribution in [3.05, 3.63) is 198 Å². The molecular formula is C46H46OS. The van der Waals surface area contributed by atoms with Crippen LogP contribution < -0.4 is 4.74 Å². The lowest BCUT2D eigenvalue weighted by Crippen LogP contribution is -2.40. The van der Waals surface area contributed by atoms with E-state index in [4.69, 9.17) is 4.74 Å². The van der Waals surface area contributed by atoms with Gasteiger partial charge in [0.25, 0.3) is 0 Å². The van der Waals surface area contributed by atoms with Gasteiger partial charge in [-0.25, -0.2) is 0 Å². The highest BCUT2D eigenvalue weighted by molar-refractivity contribution is 8.38. The summed E-state index contributed by atoms with van der Waals surface area (Å²) in [7, 11) is -1.73. The van der Waals surface area contributed by atoms with Crippen LogP contribution in [-0.4, -0.2) is 4.75 Å². The van der Waals surface area contributed by atoms with Crippen LogP contribution in [0.15, 0.2) is 202 Å². The number of rotatable bonds is 9. The molecule has 4 atom stereocenters. The first kappa shape index (κ1) is 32.0. The SMILES string of the molecule is CC1C=CC(C(Oc2ccccc2)(C2=CCC(C)(S(C3=CCC(C)C=C3)(c3ccccc3)c3ccccc3)C=C2)c2ccccc2)=CC1. The number of allylic oxidation sites excluding steroid dienone is 6. The monoisotopic (exact) mass is 646 g/mol. The average molecular weight is 647 g/mol. The largest absolute Gasteiger partial charge is 0.473 e. The summed E-state index contributed by atoms with van der Waals surface area (Å²) in [5, 5.41) is 0. The van der Waals surface area contributed by atoms with E-state index in [9.17, 15) is 0 Å². The van der Waals surface area contributed by atoms with Crippen molar-refractivity contribution in [2.75, 3.05) is 0 Å². The predicted molar refractivity (Wildman–Crippen MR) is 204 cm³/mol. The van der Waals surface area contributed by atoms with Gasteiger partial charge >= 0.3 is 0 Å². The zero-order chi connectivity index (χ0) is 33.0. The Morgan fingerprint density at radius 3 is 1.62 bits per heavy atom. The molecule has 0 N–H and O–H groups in total. The van der Waals surface area contributed by atoms with Gasteiger partial charge in [0.15, 0.2) is 5.60 Å². The Kier molecular flexibility index (Phi) is 9.03. The van der Waals surface area contributed by atoms with Gasteiger partial charge in [0.1, 0.15) is 5.75 Å². The summed E-state index contributed by atoms with van der Waals surface area (Å²) in [6.07, 6.45) is 24.8. The maximum Gasteiger partial charge on any atom is 0.183 e. The second-order valence-corrected chi connectivity index (χ2v) is 17.2. The molecule has 2 heteroatoms. The summed E-state index contributed by atoms with van der Waals surface area (Å²) in [5.74, 6) is 1.90. The molecule has 4 aromatic carbocycles. The van der Waals surface area contributed by atoms with E-state index in [-0.39, 0.29) is 4.75 Å². The summed E-state index contributed by atoms with van der Waals surface area (Å²) >= 11 is 0. The Bertz CT molecular complexity index is 1860. The molecule has 242 valence electrons. The fraction of sp³-hybridized carbons (Fsp3) is 0.217. The minimum Gasteiger partial charge on any atom is -0.473 e. The van der Waals surface area contributed by atoms with Crippen molar-refractivity contribution in [3.63, 3.8) is 0 Å². The van der Waals surface area contributed by atoms with E-state index in [1.165, 1.54) is 25.8 Å². The van der Waals surface area contributed by atoms with Crippen molar-refractivity contribution in [3.8, 4) is 5.75 Å². The average Bonchev–Trinajstić information content (AvgIpc) is 3.14. The number of benzene rings is 4. The van der Waals surface area contributed by atoms with Crippen LogP contribution in [0.5, 0.6) is 5.75 Å². The zero-order valence-corrected chi connectivity index (χ0v) is 29.2. The number of para-hydroxylation sites is 1. The molecule has 0 fully saturated rings. The van der Waals surface area contributed by atoms with Crippen LogP contribution in [0, 0.1) is 11.8 Å². The van der Waals surface area contributed by atoms with Gasteiger partial charge in [-0.15, -0.1) is 0 Å². The van der Waals surface area contributed by atoms with Crippen LogP contribution >= 0.6 is 10.0 Å². The van der Waals surface area contributed by atoms with Gasteiger partial charge in [-0.2, -0.15) is 10.0 Å². The highest BCUT2D eigenvalue weighted by Crippen LogP contribution is 2.78. The molecule has 3 aliphatic rings. The van der Waals surface area contributed by atoms with Crippen molar-refractivity contribution in [2.24, 2.45) is 11.8 Å². The summed E-state index contributed by atoms with van der Waals surface area (Å²) in [4.78, 5) is 4.24. The van der Waals surface area contributed by atoms with Gasteiger partial charge in [0.05, 0.1) is 0 Å². The second kappa shape index (κ2) is 13.5. The highest BCUT2D eigenvalue weighted by Gasteiger charge is 2.49. The fourth-order valence-electron chi connectivity index (χ4n) is 7.61. The Balaban J connectivity index is 1.43. The lowest BCUT2D eigenvalue weighted by Gasteiger charge is -2.55. The molecule has 0 spiro atoms. The van der Waals surface area contributed by atoms with E-state index in [1.807, 2.05) is 6.07 Å². The van der Waals surface area contributed by atoms with Gasteiger partial charge < -0.3 is 4.74 Å². The van der Waals surface area contributed by atoms with Crippen LogP contribution in [-0.2, 0) is 5.60 Å². The summed E-state index contributed by atoms with van der Waals surface area (Å²) in [6.45, 7) is 7.08. The van der Waals surface area contributed by atoms with Crippen molar-refractivity contribution in [1.82, 2.24) is 0 Å². The second-order valence-electron chi connectivity index (χ2n) is 13.6. The molecule has 7 rings (SSSR count). The molecule has 0 aromatic heterocycles. The first-order valence-corrected chi connectivity index (χ1v) is 19.0. The quantitative estimate of drug-likeness (QED) is 0.176. The Labute approximate surface area is 289 Å². The smallest absolute Gasteiger partial charge is 0.183 e. The molecule has 4 unspecified atom stereocenters. The molecule has 0 radical (unpaired) electrons. The van der Waals surface area contributed by atoms with E-state index in [1.54, 1.807) is 0 Å². The van der Waals surface area contributed by atoms with Crippen LogP contribution in [0.4, 0.5) is 0 Å². The van der Waals surface area contributed by atoms with E-state index in [0.717, 1.165) is 30.6 Å². The molecular weight excluding hydrogens is 601 g/mol. The number of ether oxygens (including phenoxy) is 1. The topological polar surface area (TPSA) is 9.23 Å². The molecule has 0 amide bonds. The minimum absolute atomic E-state index is 0.198. The Morgan fingerprint density at radius 1 is 0.604 bits per heavy atom. The van der Waals surface area contributed by atoms with E-state index < -0.39 is 15.6 Å². The zero-order valence-electron chi connectivity index (χ0n) is 28.3. The maximum atomic E-state index is 7.30. The van der Waals surface area contributed by atoms with Crippen LogP contribution in [0.1, 0.15) is 45.6 Å². The third-order valence-electron chi connectivity index (χ3n) is 10.2. The number of hydrogen-bond donors (Lipinski definition) is 0. The Hall–Kier alpha value is -4.53. The van der Waals surface area contributed by atoms with Crippen molar-refractivity contribution >= 4 is 10.0 Å². The summed E-state index contributed by atoms with van der Waals surface area (Å²) < 4.78 is 7.10. The van der Waals surface area contributed by atoms with Gasteiger partial charge in [0, 0.05) is 21.5 Å². The predicted octanol–water partition coefficient (Wildman–Crippen LogP) is 12.5. The van der Waals surface area contributed by atoms with Crippen molar-refractivity contribution in [2.45, 2.75) is 60.2 Å². The minimum atomic E-state index is -1.73. The van der Waals surface area contributed by atoms with E-state index in [2.05, 4.69) is 191 Å². The molecule has 0 saturated carbocycles. The summed E-state index contributed by atoms with van der Waals surface area (Å²) in [6, 6.07) is 43.7. The van der Waals surface area contributed by atoms with E-state index in [0.29, 0.717) is 11.8 Å². The molecule has 0 bridgehead atoms. The first-order chi connectivity index (χ1) is 23.5. The molecule has 0 saturated heterocycles. The molecule has 0 aliphatic heterocycles. The van der Waals surface area contributed by atoms with Crippen molar-refractivity contribution < 1.29 is 4.74 Å². The third-order valence-corrected chi connectivity index (χ3v) is 14.9. The van der Waals surface area contributed by atoms with Gasteiger partial charge in [-0.3, -0.25) is 0 Å². The standard InChI is InChI=1S/C46H46OS/c1-36-24-28-39(29-25-36)46(38-16-8-4-9-17-38,47-41-18-10-5-11-19-41)40-32-34-45(3,35-33-40)48(42-20-12-6-13-21-42,43-22-14-7-15-23-43)44-30-26-37(2)27-31-44/h4-24,26,28-34,36-37H,25,27,35H2,1-3H3. The Morgan fingerprint density at radius 2 is 1.12 bits per heavy atom. The van der Waals surface area contributed by atoms with Gasteiger partial charge in [0.2, 0.25) is 0 Å². The molecule has 1 nitrogen and oxygen atoms in total. The lowest BCUT2D eigenvalue weighted by atomic mass is 9.74. The first-order valence-electron chi connectivity index (χ1n) is 17.4. The third kappa shape index (κ3) is 5.67. The maximum absolute atomic E-state index is 7.30. The molecule has 48 heavy (non-hydrogen) atoms. The van der Waals surface area contributed by atoms with Crippen LogP contribution in [0.3, 0.4) is 0 Å². The summed E-state index contributed by atoms with van der Waals surface area (Å²) in [5.41, 5.74) is 2.70. The number of hydrogen-bond acceptors (Lipinski definition) is 1. The normalized spacial score (nSPS) is 23.8. The van der Waals surface area contributed by atoms with Crippen LogP contribution in [0.2, 0.25) is 0 Å². The van der Waals surface area contributed by atoms with Crippen LogP contribution in [0.25, 0.3) is 0 Å². The lowest BCUT2D eigenvalue weighted by molar-refractivity contribution is 0.152. The highest BCUT2D eigenvalue weighted by atomic mass is 32.3.